The van der Waals surface area contributed by atoms with Gasteiger partial charge in [0.1, 0.15) is 34.5 Å². The number of carbonyl (C=O) groups excluding carboxylic acids is 1. The average Bonchev–Trinajstić information content (AvgIpc) is 2.90. The second-order valence-electron chi connectivity index (χ2n) is 9.00. The van der Waals surface area contributed by atoms with Crippen molar-refractivity contribution in [1.29, 1.82) is 0 Å². The van der Waals surface area contributed by atoms with Crippen LogP contribution >= 0.6 is 11.6 Å². The highest BCUT2D eigenvalue weighted by atomic mass is 35.5. The lowest BCUT2D eigenvalue weighted by atomic mass is 10.2. The molecule has 0 bridgehead atoms. The zero-order valence-corrected chi connectivity index (χ0v) is 23.3. The molecule has 2 amide bonds. The lowest BCUT2D eigenvalue weighted by molar-refractivity contribution is 0.258. The molecule has 38 heavy (non-hydrogen) atoms. The number of anilines is 5. The minimum atomic E-state index is -0.513. The second kappa shape index (κ2) is 13.1. The van der Waals surface area contributed by atoms with E-state index in [1.165, 1.54) is 31.0 Å². The number of amides is 2. The lowest BCUT2D eigenvalue weighted by Gasteiger charge is -2.21. The topological polar surface area (TPSA) is 121 Å². The molecule has 0 spiro atoms. The third-order valence-corrected chi connectivity index (χ3v) is 6.16. The molecule has 0 atom stereocenters. The minimum Gasteiger partial charge on any atom is -0.495 e. The summed E-state index contributed by atoms with van der Waals surface area (Å²) in [7, 11) is 10.7. The molecule has 1 heterocycles. The predicted octanol–water partition coefficient (Wildman–Crippen LogP) is 4.13. The van der Waals surface area contributed by atoms with Gasteiger partial charge in [-0.05, 0) is 38.8 Å². The Morgan fingerprint density at radius 2 is 1.76 bits per heavy atom. The average molecular weight is 543 g/mol. The van der Waals surface area contributed by atoms with Crippen molar-refractivity contribution in [3.8, 4) is 11.5 Å². The summed E-state index contributed by atoms with van der Waals surface area (Å²) in [6.45, 7) is 2.78. The quantitative estimate of drug-likeness (QED) is 0.307. The van der Waals surface area contributed by atoms with Gasteiger partial charge in [-0.15, -0.1) is 0 Å². The molecule has 3 aromatic rings. The van der Waals surface area contributed by atoms with Crippen molar-refractivity contribution in [3.63, 3.8) is 0 Å². The Morgan fingerprint density at radius 3 is 2.45 bits per heavy atom. The minimum absolute atomic E-state index is 0.157. The third-order valence-electron chi connectivity index (χ3n) is 5.79. The highest BCUT2D eigenvalue weighted by Crippen LogP contribution is 2.43. The van der Waals surface area contributed by atoms with E-state index in [1.807, 2.05) is 12.1 Å². The van der Waals surface area contributed by atoms with Gasteiger partial charge < -0.3 is 35.6 Å². The van der Waals surface area contributed by atoms with Crippen LogP contribution in [-0.4, -0.2) is 81.3 Å². The van der Waals surface area contributed by atoms with Crippen LogP contribution in [0.25, 0.3) is 0 Å². The van der Waals surface area contributed by atoms with Gasteiger partial charge in [0.25, 0.3) is 0 Å². The largest absolute Gasteiger partial charge is 0.495 e. The number of nitrogen functional groups attached to an aromatic ring is 1. The summed E-state index contributed by atoms with van der Waals surface area (Å²) in [6.07, 6.45) is 1.39. The summed E-state index contributed by atoms with van der Waals surface area (Å²) in [5.74, 6) is 1.54. The van der Waals surface area contributed by atoms with Gasteiger partial charge in [0.2, 0.25) is 0 Å². The molecule has 4 N–H and O–H groups in total. The molecule has 0 fully saturated rings. The summed E-state index contributed by atoms with van der Waals surface area (Å²) in [5, 5.41) is 6.17. The van der Waals surface area contributed by atoms with Crippen molar-refractivity contribution in [3.05, 3.63) is 53.3 Å². The first kappa shape index (κ1) is 28.8. The van der Waals surface area contributed by atoms with Crippen molar-refractivity contribution in [2.24, 2.45) is 0 Å². The van der Waals surface area contributed by atoms with E-state index in [1.54, 1.807) is 19.2 Å². The Hall–Kier alpha value is -3.80. The van der Waals surface area contributed by atoms with Crippen molar-refractivity contribution < 1.29 is 14.3 Å². The molecule has 0 saturated carbocycles. The SMILES string of the molecule is COc1cc(OC)c(Cl)c(NC(=O)N(C)c2cc(Nc3cccc(CN(C)CCN(C)C)c3)ncn2)c1N. The van der Waals surface area contributed by atoms with Crippen LogP contribution in [0.4, 0.5) is 33.5 Å². The zero-order chi connectivity index (χ0) is 27.8. The van der Waals surface area contributed by atoms with E-state index in [2.05, 4.69) is 63.7 Å². The summed E-state index contributed by atoms with van der Waals surface area (Å²) in [5.41, 5.74) is 8.56. The van der Waals surface area contributed by atoms with Gasteiger partial charge in [0, 0.05) is 44.5 Å². The number of ether oxygens (including phenoxy) is 2. The van der Waals surface area contributed by atoms with Gasteiger partial charge in [0.15, 0.2) is 0 Å². The Labute approximate surface area is 228 Å². The van der Waals surface area contributed by atoms with Gasteiger partial charge in [-0.3, -0.25) is 4.90 Å². The molecule has 0 aliphatic heterocycles. The fraction of sp³-hybridized carbons (Fsp3) is 0.346. The number of nitrogens with one attached hydrogen (secondary N) is 2. The fourth-order valence-corrected chi connectivity index (χ4v) is 3.90. The first-order chi connectivity index (χ1) is 18.1. The number of halogens is 1. The zero-order valence-electron chi connectivity index (χ0n) is 22.6. The molecule has 3 rings (SSSR count). The van der Waals surface area contributed by atoms with E-state index in [9.17, 15) is 4.79 Å². The number of nitrogens with two attached hydrogens (primary N) is 1. The Kier molecular flexibility index (Phi) is 9.94. The molecule has 11 nitrogen and oxygen atoms in total. The Balaban J connectivity index is 1.72. The maximum Gasteiger partial charge on any atom is 0.327 e. The van der Waals surface area contributed by atoms with E-state index in [0.29, 0.717) is 23.1 Å². The number of hydrogen-bond donors (Lipinski definition) is 3. The number of urea groups is 1. The highest BCUT2D eigenvalue weighted by Gasteiger charge is 2.21. The van der Waals surface area contributed by atoms with Gasteiger partial charge in [-0.25, -0.2) is 14.8 Å². The molecular formula is C26H35ClN8O3. The maximum absolute atomic E-state index is 13.1. The predicted molar refractivity (Wildman–Crippen MR) is 153 cm³/mol. The molecule has 0 radical (unpaired) electrons. The third kappa shape index (κ3) is 7.37. The molecule has 0 saturated heterocycles. The summed E-state index contributed by atoms with van der Waals surface area (Å²) in [6, 6.07) is 10.8. The molecular weight excluding hydrogens is 508 g/mol. The maximum atomic E-state index is 13.1. The number of methoxy groups -OCH3 is 2. The van der Waals surface area contributed by atoms with Crippen LogP contribution in [0.3, 0.4) is 0 Å². The van der Waals surface area contributed by atoms with Gasteiger partial charge in [0.05, 0.1) is 25.6 Å². The van der Waals surface area contributed by atoms with Crippen molar-refractivity contribution in [2.45, 2.75) is 6.54 Å². The van der Waals surface area contributed by atoms with E-state index in [-0.39, 0.29) is 16.4 Å². The number of carbonyl (C=O) groups is 1. The number of aromatic nitrogens is 2. The molecule has 0 aliphatic carbocycles. The lowest BCUT2D eigenvalue weighted by Crippen LogP contribution is -2.32. The van der Waals surface area contributed by atoms with Gasteiger partial charge in [-0.2, -0.15) is 0 Å². The van der Waals surface area contributed by atoms with E-state index >= 15 is 0 Å². The monoisotopic (exact) mass is 542 g/mol. The summed E-state index contributed by atoms with van der Waals surface area (Å²) < 4.78 is 10.5. The van der Waals surface area contributed by atoms with Crippen molar-refractivity contribution >= 4 is 46.3 Å². The van der Waals surface area contributed by atoms with Crippen LogP contribution in [0, 0.1) is 0 Å². The van der Waals surface area contributed by atoms with E-state index in [0.717, 1.165) is 25.3 Å². The Morgan fingerprint density at radius 1 is 1.03 bits per heavy atom. The number of rotatable bonds is 11. The normalized spacial score (nSPS) is 11.0. The molecule has 0 aliphatic rings. The number of hydrogen-bond acceptors (Lipinski definition) is 9. The number of likely N-dealkylation sites (N-methyl/N-ethyl adjacent to an activating group) is 2. The summed E-state index contributed by atoms with van der Waals surface area (Å²) in [4.78, 5) is 27.4. The Bertz CT molecular complexity index is 1230. The highest BCUT2D eigenvalue weighted by molar-refractivity contribution is 6.36. The van der Waals surface area contributed by atoms with Crippen LogP contribution in [0.5, 0.6) is 11.5 Å². The standard InChI is InChI=1S/C26H35ClN8O3/c1-33(2)10-11-34(3)15-17-8-7-9-18(12-17)31-21-14-22(30-16-29-21)35(4)26(36)32-25-23(27)19(37-5)13-20(38-6)24(25)28/h7-9,12-14,16H,10-11,15,28H2,1-6H3,(H,32,36)(H,29,30,31). The second-order valence-corrected chi connectivity index (χ2v) is 9.38. The van der Waals surface area contributed by atoms with Crippen molar-refractivity contribution in [2.75, 3.05) is 76.8 Å². The van der Waals surface area contributed by atoms with Crippen molar-refractivity contribution in [1.82, 2.24) is 19.8 Å². The fourth-order valence-electron chi connectivity index (χ4n) is 3.61. The van der Waals surface area contributed by atoms with Crippen LogP contribution in [-0.2, 0) is 6.54 Å². The molecule has 2 aromatic carbocycles. The molecule has 1 aromatic heterocycles. The number of nitrogens with zero attached hydrogens (tertiary/aromatic N) is 5. The summed E-state index contributed by atoms with van der Waals surface area (Å²) >= 11 is 6.39. The number of benzene rings is 2. The van der Waals surface area contributed by atoms with Gasteiger partial charge >= 0.3 is 6.03 Å². The first-order valence-electron chi connectivity index (χ1n) is 11.9. The van der Waals surface area contributed by atoms with E-state index in [4.69, 9.17) is 26.8 Å². The van der Waals surface area contributed by atoms with E-state index < -0.39 is 6.03 Å². The van der Waals surface area contributed by atoms with Crippen LogP contribution in [0.1, 0.15) is 5.56 Å². The first-order valence-corrected chi connectivity index (χ1v) is 12.3. The van der Waals surface area contributed by atoms with Gasteiger partial charge in [-0.1, -0.05) is 23.7 Å². The van der Waals surface area contributed by atoms with Crippen LogP contribution in [0.15, 0.2) is 42.7 Å². The van der Waals surface area contributed by atoms with Crippen LogP contribution < -0.4 is 30.7 Å². The molecule has 0 unspecified atom stereocenters. The smallest absolute Gasteiger partial charge is 0.327 e. The molecule has 204 valence electrons. The molecule has 12 heteroatoms. The van der Waals surface area contributed by atoms with Crippen LogP contribution in [0.2, 0.25) is 5.02 Å².